The highest BCUT2D eigenvalue weighted by Gasteiger charge is 2.02. The summed E-state index contributed by atoms with van der Waals surface area (Å²) >= 11 is 1.64. The van der Waals surface area contributed by atoms with Crippen LogP contribution in [0.15, 0.2) is 5.38 Å². The van der Waals surface area contributed by atoms with Gasteiger partial charge in [-0.3, -0.25) is 0 Å². The van der Waals surface area contributed by atoms with Gasteiger partial charge < -0.3 is 4.74 Å². The van der Waals surface area contributed by atoms with E-state index in [0.717, 1.165) is 17.1 Å². The summed E-state index contributed by atoms with van der Waals surface area (Å²) in [4.78, 5) is 14.2. The Morgan fingerprint density at radius 2 is 2.33 bits per heavy atom. The largest absolute Gasteiger partial charge is 0.451 e. The van der Waals surface area contributed by atoms with Crippen LogP contribution in [-0.4, -0.2) is 11.5 Å². The Bertz CT molecular complexity index is 286. The first-order valence-corrected chi connectivity index (χ1v) is 6.17. The van der Waals surface area contributed by atoms with Crippen LogP contribution in [0.5, 0.6) is 0 Å². The Morgan fingerprint density at radius 3 is 3.07 bits per heavy atom. The second kappa shape index (κ2) is 7.40. The molecule has 15 heavy (non-hydrogen) atoms. The molecule has 0 bridgehead atoms. The molecule has 1 radical (unpaired) electrons. The van der Waals surface area contributed by atoms with Crippen molar-refractivity contribution in [3.8, 4) is 0 Å². The Hall–Kier alpha value is -0.900. The van der Waals surface area contributed by atoms with Crippen molar-refractivity contribution < 1.29 is 9.53 Å². The van der Waals surface area contributed by atoms with Gasteiger partial charge in [0.1, 0.15) is 6.61 Å². The standard InChI is InChI=1S/C11H16NO2S/c1-2-3-4-5-6-11-12-10(8-15-11)7-14-9-13/h8H,2-7H2,1H3. The van der Waals surface area contributed by atoms with E-state index in [2.05, 4.69) is 16.6 Å². The van der Waals surface area contributed by atoms with Gasteiger partial charge in [-0.1, -0.05) is 26.2 Å². The zero-order valence-corrected chi connectivity index (χ0v) is 9.81. The lowest BCUT2D eigenvalue weighted by atomic mass is 10.2. The molecule has 0 aliphatic carbocycles. The molecule has 0 amide bonds. The number of hydrogen-bond acceptors (Lipinski definition) is 4. The van der Waals surface area contributed by atoms with Gasteiger partial charge in [0.2, 0.25) is 0 Å². The number of rotatable bonds is 8. The number of aromatic nitrogens is 1. The lowest BCUT2D eigenvalue weighted by molar-refractivity contribution is 0.263. The van der Waals surface area contributed by atoms with Crippen LogP contribution in [0, 0.1) is 0 Å². The van der Waals surface area contributed by atoms with E-state index in [1.807, 2.05) is 5.38 Å². The second-order valence-corrected chi connectivity index (χ2v) is 4.36. The van der Waals surface area contributed by atoms with E-state index in [9.17, 15) is 4.79 Å². The van der Waals surface area contributed by atoms with Crippen LogP contribution in [-0.2, 0) is 22.6 Å². The molecule has 0 aromatic carbocycles. The fourth-order valence-electron chi connectivity index (χ4n) is 1.34. The highest BCUT2D eigenvalue weighted by molar-refractivity contribution is 7.09. The summed E-state index contributed by atoms with van der Waals surface area (Å²) in [6.45, 7) is 3.85. The molecule has 4 heteroatoms. The van der Waals surface area contributed by atoms with Crippen LogP contribution in [0.1, 0.15) is 43.3 Å². The Labute approximate surface area is 94.5 Å². The molecule has 0 N–H and O–H groups in total. The average molecular weight is 226 g/mol. The van der Waals surface area contributed by atoms with Crippen LogP contribution < -0.4 is 0 Å². The van der Waals surface area contributed by atoms with Gasteiger partial charge in [0, 0.05) is 5.38 Å². The summed E-state index contributed by atoms with van der Waals surface area (Å²) in [7, 11) is 0. The average Bonchev–Trinajstić information content (AvgIpc) is 2.69. The molecule has 3 nitrogen and oxygen atoms in total. The topological polar surface area (TPSA) is 39.2 Å². The summed E-state index contributed by atoms with van der Waals surface area (Å²) in [6.07, 6.45) is 6.05. The van der Waals surface area contributed by atoms with Crippen LogP contribution in [0.4, 0.5) is 0 Å². The van der Waals surface area contributed by atoms with Crippen molar-refractivity contribution >= 4 is 17.8 Å². The molecule has 1 aromatic rings. The van der Waals surface area contributed by atoms with E-state index in [0.29, 0.717) is 0 Å². The molecule has 0 saturated carbocycles. The molecule has 0 aliphatic rings. The molecule has 0 saturated heterocycles. The van der Waals surface area contributed by atoms with Crippen LogP contribution >= 0.6 is 11.3 Å². The predicted octanol–water partition coefficient (Wildman–Crippen LogP) is 2.85. The van der Waals surface area contributed by atoms with Gasteiger partial charge in [0.15, 0.2) is 0 Å². The number of aryl methyl sites for hydroxylation is 1. The molecule has 1 aromatic heterocycles. The van der Waals surface area contributed by atoms with Crippen molar-refractivity contribution in [3.05, 3.63) is 16.1 Å². The first-order valence-electron chi connectivity index (χ1n) is 5.29. The van der Waals surface area contributed by atoms with Crippen molar-refractivity contribution in [2.45, 2.75) is 45.6 Å². The van der Waals surface area contributed by atoms with Crippen molar-refractivity contribution in [1.82, 2.24) is 4.98 Å². The molecular weight excluding hydrogens is 210 g/mol. The molecule has 0 atom stereocenters. The molecule has 83 valence electrons. The van der Waals surface area contributed by atoms with E-state index >= 15 is 0 Å². The van der Waals surface area contributed by atoms with Crippen LogP contribution in [0.2, 0.25) is 0 Å². The van der Waals surface area contributed by atoms with E-state index < -0.39 is 0 Å². The summed E-state index contributed by atoms with van der Waals surface area (Å²) in [5.74, 6) is 0. The lowest BCUT2D eigenvalue weighted by Gasteiger charge is -1.96. The van der Waals surface area contributed by atoms with E-state index in [4.69, 9.17) is 0 Å². The Balaban J connectivity index is 2.23. The lowest BCUT2D eigenvalue weighted by Crippen LogP contribution is -1.91. The smallest absolute Gasteiger partial charge is 0.417 e. The number of nitrogens with zero attached hydrogens (tertiary/aromatic N) is 1. The predicted molar refractivity (Wildman–Crippen MR) is 60.4 cm³/mol. The first-order chi connectivity index (χ1) is 7.36. The molecular formula is C11H16NO2S. The number of ether oxygens (including phenoxy) is 1. The highest BCUT2D eigenvalue weighted by Crippen LogP contribution is 2.14. The van der Waals surface area contributed by atoms with Crippen molar-refractivity contribution in [1.29, 1.82) is 0 Å². The summed E-state index contributed by atoms with van der Waals surface area (Å²) < 4.78 is 4.51. The zero-order valence-electron chi connectivity index (χ0n) is 8.99. The van der Waals surface area contributed by atoms with Gasteiger partial charge >= 0.3 is 6.47 Å². The van der Waals surface area contributed by atoms with Gasteiger partial charge in [-0.05, 0) is 12.8 Å². The number of carbonyl (C=O) groups excluding carboxylic acids is 1. The Kier molecular flexibility index (Phi) is 6.00. The summed E-state index contributed by atoms with van der Waals surface area (Å²) in [5, 5.41) is 3.07. The number of thiazole rings is 1. The van der Waals surface area contributed by atoms with E-state index in [-0.39, 0.29) is 6.61 Å². The molecule has 1 rings (SSSR count). The maximum absolute atomic E-state index is 9.86. The van der Waals surface area contributed by atoms with E-state index in [1.54, 1.807) is 11.3 Å². The van der Waals surface area contributed by atoms with Gasteiger partial charge in [-0.2, -0.15) is 0 Å². The minimum atomic E-state index is 0.245. The molecule has 1 heterocycles. The minimum Gasteiger partial charge on any atom is -0.451 e. The normalized spacial score (nSPS) is 10.2. The third-order valence-corrected chi connectivity index (χ3v) is 3.08. The Morgan fingerprint density at radius 1 is 1.47 bits per heavy atom. The van der Waals surface area contributed by atoms with Crippen LogP contribution in [0.3, 0.4) is 0 Å². The summed E-state index contributed by atoms with van der Waals surface area (Å²) in [5.41, 5.74) is 0.828. The fourth-order valence-corrected chi connectivity index (χ4v) is 2.16. The minimum absolute atomic E-state index is 0.245. The van der Waals surface area contributed by atoms with E-state index in [1.165, 1.54) is 32.2 Å². The third-order valence-electron chi connectivity index (χ3n) is 2.12. The summed E-state index contributed by atoms with van der Waals surface area (Å²) in [6, 6.07) is 0. The molecule has 0 spiro atoms. The number of hydrogen-bond donors (Lipinski definition) is 0. The van der Waals surface area contributed by atoms with Crippen LogP contribution in [0.25, 0.3) is 0 Å². The SMILES string of the molecule is CCCCCCc1nc(CO[C]=O)cs1. The van der Waals surface area contributed by atoms with Crippen molar-refractivity contribution in [3.63, 3.8) is 0 Å². The van der Waals surface area contributed by atoms with Crippen molar-refractivity contribution in [2.24, 2.45) is 0 Å². The van der Waals surface area contributed by atoms with Gasteiger partial charge in [0.25, 0.3) is 0 Å². The molecule has 0 unspecified atom stereocenters. The second-order valence-electron chi connectivity index (χ2n) is 3.42. The number of unbranched alkanes of at least 4 members (excludes halogenated alkanes) is 3. The first kappa shape index (κ1) is 12.2. The quantitative estimate of drug-likeness (QED) is 0.640. The highest BCUT2D eigenvalue weighted by atomic mass is 32.1. The third kappa shape index (κ3) is 4.93. The monoisotopic (exact) mass is 226 g/mol. The maximum Gasteiger partial charge on any atom is 0.417 e. The molecule has 0 fully saturated rings. The van der Waals surface area contributed by atoms with Gasteiger partial charge in [0.05, 0.1) is 10.7 Å². The molecule has 0 aliphatic heterocycles. The fraction of sp³-hybridized carbons (Fsp3) is 0.636. The van der Waals surface area contributed by atoms with Gasteiger partial charge in [-0.25, -0.2) is 9.78 Å². The zero-order chi connectivity index (χ0) is 10.9. The van der Waals surface area contributed by atoms with Gasteiger partial charge in [-0.15, -0.1) is 11.3 Å². The maximum atomic E-state index is 9.86. The van der Waals surface area contributed by atoms with Crippen molar-refractivity contribution in [2.75, 3.05) is 0 Å².